The molecule has 16 heavy (non-hydrogen) atoms. The first-order chi connectivity index (χ1) is 7.77. The standard InChI is InChI=1S/C11H19N3OS/c1-2-3-4-7-13-11(15)9-8-16-10(14-9)5-6-12/h8H,2-7,12H2,1H3,(H,13,15). The molecule has 0 bridgehead atoms. The van der Waals surface area contributed by atoms with E-state index < -0.39 is 0 Å². The molecule has 3 N–H and O–H groups in total. The van der Waals surface area contributed by atoms with E-state index in [2.05, 4.69) is 17.2 Å². The minimum atomic E-state index is -0.0735. The lowest BCUT2D eigenvalue weighted by molar-refractivity contribution is 0.0948. The zero-order valence-corrected chi connectivity index (χ0v) is 10.5. The number of carbonyl (C=O) groups is 1. The van der Waals surface area contributed by atoms with Gasteiger partial charge in [0.15, 0.2) is 0 Å². The third-order valence-corrected chi connectivity index (χ3v) is 3.12. The molecule has 0 fully saturated rings. The molecule has 1 aromatic heterocycles. The van der Waals surface area contributed by atoms with Crippen LogP contribution in [0.1, 0.15) is 41.7 Å². The number of carbonyl (C=O) groups excluding carboxylic acids is 1. The van der Waals surface area contributed by atoms with Gasteiger partial charge in [0, 0.05) is 18.3 Å². The fourth-order valence-electron chi connectivity index (χ4n) is 1.32. The van der Waals surface area contributed by atoms with Crippen LogP contribution in [0.3, 0.4) is 0 Å². The minimum absolute atomic E-state index is 0.0735. The summed E-state index contributed by atoms with van der Waals surface area (Å²) in [7, 11) is 0. The smallest absolute Gasteiger partial charge is 0.270 e. The van der Waals surface area contributed by atoms with Gasteiger partial charge in [0.25, 0.3) is 5.91 Å². The van der Waals surface area contributed by atoms with E-state index in [1.54, 1.807) is 5.38 Å². The SMILES string of the molecule is CCCCCNC(=O)c1csc(CCN)n1. The first-order valence-electron chi connectivity index (χ1n) is 5.70. The average Bonchev–Trinajstić information content (AvgIpc) is 2.73. The Morgan fingerprint density at radius 1 is 1.56 bits per heavy atom. The zero-order chi connectivity index (χ0) is 11.8. The second kappa shape index (κ2) is 7.35. The Hall–Kier alpha value is -0.940. The molecular formula is C11H19N3OS. The number of nitrogens with one attached hydrogen (secondary N) is 1. The van der Waals surface area contributed by atoms with E-state index in [0.29, 0.717) is 12.2 Å². The summed E-state index contributed by atoms with van der Waals surface area (Å²) >= 11 is 1.49. The van der Waals surface area contributed by atoms with Gasteiger partial charge in [-0.05, 0) is 13.0 Å². The Morgan fingerprint density at radius 3 is 3.06 bits per heavy atom. The van der Waals surface area contributed by atoms with Crippen LogP contribution in [0, 0.1) is 0 Å². The van der Waals surface area contributed by atoms with Crippen molar-refractivity contribution in [3.8, 4) is 0 Å². The van der Waals surface area contributed by atoms with E-state index in [-0.39, 0.29) is 5.91 Å². The van der Waals surface area contributed by atoms with Gasteiger partial charge >= 0.3 is 0 Å². The summed E-state index contributed by atoms with van der Waals surface area (Å²) in [5.41, 5.74) is 5.94. The van der Waals surface area contributed by atoms with Crippen molar-refractivity contribution < 1.29 is 4.79 Å². The molecular weight excluding hydrogens is 222 g/mol. The van der Waals surface area contributed by atoms with Crippen molar-refractivity contribution in [3.05, 3.63) is 16.1 Å². The molecule has 0 atom stereocenters. The second-order valence-corrected chi connectivity index (χ2v) is 4.57. The van der Waals surface area contributed by atoms with Crippen molar-refractivity contribution in [2.24, 2.45) is 5.73 Å². The summed E-state index contributed by atoms with van der Waals surface area (Å²) < 4.78 is 0. The second-order valence-electron chi connectivity index (χ2n) is 3.63. The highest BCUT2D eigenvalue weighted by molar-refractivity contribution is 7.09. The number of amides is 1. The van der Waals surface area contributed by atoms with Crippen LogP contribution in [0.2, 0.25) is 0 Å². The maximum atomic E-state index is 11.6. The van der Waals surface area contributed by atoms with Gasteiger partial charge in [0.1, 0.15) is 5.69 Å². The maximum absolute atomic E-state index is 11.6. The van der Waals surface area contributed by atoms with E-state index >= 15 is 0 Å². The van der Waals surface area contributed by atoms with Crippen LogP contribution < -0.4 is 11.1 Å². The molecule has 5 heteroatoms. The molecule has 1 heterocycles. The van der Waals surface area contributed by atoms with Crippen LogP contribution in [0.15, 0.2) is 5.38 Å². The lowest BCUT2D eigenvalue weighted by Crippen LogP contribution is -2.24. The summed E-state index contributed by atoms with van der Waals surface area (Å²) in [6.45, 7) is 3.45. The largest absolute Gasteiger partial charge is 0.351 e. The molecule has 0 saturated heterocycles. The number of aromatic nitrogens is 1. The summed E-state index contributed by atoms with van der Waals surface area (Å²) in [6, 6.07) is 0. The number of nitrogens with zero attached hydrogens (tertiary/aromatic N) is 1. The van der Waals surface area contributed by atoms with Crippen molar-refractivity contribution in [3.63, 3.8) is 0 Å². The molecule has 0 spiro atoms. The number of hydrogen-bond acceptors (Lipinski definition) is 4. The molecule has 0 saturated carbocycles. The number of thiazole rings is 1. The van der Waals surface area contributed by atoms with Gasteiger partial charge in [-0.2, -0.15) is 0 Å². The predicted octanol–water partition coefficient (Wildman–Crippen LogP) is 1.56. The summed E-state index contributed by atoms with van der Waals surface area (Å²) in [5.74, 6) is -0.0735. The van der Waals surface area contributed by atoms with E-state index in [1.165, 1.54) is 11.3 Å². The third-order valence-electron chi connectivity index (χ3n) is 2.21. The Labute approximate surface area is 100 Å². The van der Waals surface area contributed by atoms with Crippen molar-refractivity contribution in [2.75, 3.05) is 13.1 Å². The molecule has 0 aliphatic carbocycles. The van der Waals surface area contributed by atoms with Gasteiger partial charge in [0.05, 0.1) is 5.01 Å². The number of rotatable bonds is 7. The first kappa shape index (κ1) is 13.1. The Morgan fingerprint density at radius 2 is 2.38 bits per heavy atom. The minimum Gasteiger partial charge on any atom is -0.351 e. The van der Waals surface area contributed by atoms with Crippen molar-refractivity contribution in [1.29, 1.82) is 0 Å². The molecule has 1 amide bonds. The Balaban J connectivity index is 2.34. The van der Waals surface area contributed by atoms with E-state index in [4.69, 9.17) is 5.73 Å². The lowest BCUT2D eigenvalue weighted by atomic mass is 10.2. The van der Waals surface area contributed by atoms with Crippen LogP contribution in [-0.2, 0) is 6.42 Å². The van der Waals surface area contributed by atoms with E-state index in [1.807, 2.05) is 0 Å². The molecule has 90 valence electrons. The fourth-order valence-corrected chi connectivity index (χ4v) is 2.12. The molecule has 0 aliphatic rings. The highest BCUT2D eigenvalue weighted by atomic mass is 32.1. The number of hydrogen-bond donors (Lipinski definition) is 2. The highest BCUT2D eigenvalue weighted by Gasteiger charge is 2.09. The maximum Gasteiger partial charge on any atom is 0.270 e. The summed E-state index contributed by atoms with van der Waals surface area (Å²) in [6.07, 6.45) is 4.08. The Bertz CT molecular complexity index is 325. The molecule has 1 aromatic rings. The Kier molecular flexibility index (Phi) is 6.03. The quantitative estimate of drug-likeness (QED) is 0.712. The fraction of sp³-hybridized carbons (Fsp3) is 0.636. The monoisotopic (exact) mass is 241 g/mol. The normalized spacial score (nSPS) is 10.4. The summed E-state index contributed by atoms with van der Waals surface area (Å²) in [5, 5.41) is 5.59. The van der Waals surface area contributed by atoms with Gasteiger partial charge in [-0.3, -0.25) is 4.79 Å². The van der Waals surface area contributed by atoms with Crippen molar-refractivity contribution in [1.82, 2.24) is 10.3 Å². The van der Waals surface area contributed by atoms with Crippen LogP contribution in [0.5, 0.6) is 0 Å². The summed E-state index contributed by atoms with van der Waals surface area (Å²) in [4.78, 5) is 15.9. The van der Waals surface area contributed by atoms with Gasteiger partial charge < -0.3 is 11.1 Å². The number of unbranched alkanes of at least 4 members (excludes halogenated alkanes) is 2. The average molecular weight is 241 g/mol. The van der Waals surface area contributed by atoms with E-state index in [0.717, 1.165) is 37.2 Å². The molecule has 0 aliphatic heterocycles. The van der Waals surface area contributed by atoms with Crippen molar-refractivity contribution in [2.45, 2.75) is 32.6 Å². The van der Waals surface area contributed by atoms with E-state index in [9.17, 15) is 4.79 Å². The van der Waals surface area contributed by atoms with Crippen LogP contribution in [-0.4, -0.2) is 24.0 Å². The molecule has 0 radical (unpaired) electrons. The molecule has 0 aromatic carbocycles. The molecule has 1 rings (SSSR count). The van der Waals surface area contributed by atoms with Crippen LogP contribution in [0.4, 0.5) is 0 Å². The topological polar surface area (TPSA) is 68.0 Å². The van der Waals surface area contributed by atoms with Gasteiger partial charge in [-0.25, -0.2) is 4.98 Å². The van der Waals surface area contributed by atoms with Crippen LogP contribution >= 0.6 is 11.3 Å². The zero-order valence-electron chi connectivity index (χ0n) is 9.66. The van der Waals surface area contributed by atoms with Gasteiger partial charge in [-0.1, -0.05) is 19.8 Å². The number of nitrogens with two attached hydrogens (primary N) is 1. The highest BCUT2D eigenvalue weighted by Crippen LogP contribution is 2.09. The van der Waals surface area contributed by atoms with Gasteiger partial charge in [0.2, 0.25) is 0 Å². The predicted molar refractivity (Wildman–Crippen MR) is 66.7 cm³/mol. The lowest BCUT2D eigenvalue weighted by Gasteiger charge is -2.01. The molecule has 0 unspecified atom stereocenters. The van der Waals surface area contributed by atoms with Crippen LogP contribution in [0.25, 0.3) is 0 Å². The first-order valence-corrected chi connectivity index (χ1v) is 6.58. The third kappa shape index (κ3) is 4.28. The molecule has 4 nitrogen and oxygen atoms in total. The van der Waals surface area contributed by atoms with Gasteiger partial charge in [-0.15, -0.1) is 11.3 Å². The van der Waals surface area contributed by atoms with Crippen molar-refractivity contribution >= 4 is 17.2 Å².